The lowest BCUT2D eigenvalue weighted by molar-refractivity contribution is 0.0769. The molecule has 9 nitrogen and oxygen atoms in total. The average molecular weight is 272 g/mol. The third kappa shape index (κ3) is 2.94. The van der Waals surface area contributed by atoms with E-state index in [1.54, 1.807) is 0 Å². The Morgan fingerprint density at radius 1 is 1.00 bits per heavy atom. The van der Waals surface area contributed by atoms with Crippen LogP contribution in [0.3, 0.4) is 0 Å². The van der Waals surface area contributed by atoms with Crippen molar-refractivity contribution < 1.29 is 31.9 Å². The Hall–Kier alpha value is -2.71. The van der Waals surface area contributed by atoms with Crippen molar-refractivity contribution in [2.45, 2.75) is 20.5 Å². The molecule has 0 saturated carbocycles. The summed E-state index contributed by atoms with van der Waals surface area (Å²) in [5, 5.41) is 0. The van der Waals surface area contributed by atoms with Gasteiger partial charge in [0.2, 0.25) is 0 Å². The number of ether oxygens (including phenoxy) is 2. The van der Waals surface area contributed by atoms with Gasteiger partial charge in [-0.1, -0.05) is 0 Å². The molecule has 9 heteroatoms. The van der Waals surface area contributed by atoms with Crippen LogP contribution < -0.4 is 16.4 Å². The van der Waals surface area contributed by atoms with E-state index in [9.17, 15) is 14.4 Å². The second-order valence-electron chi connectivity index (χ2n) is 3.37. The maximum atomic E-state index is 11.3. The Bertz CT molecular complexity index is 695. The summed E-state index contributed by atoms with van der Waals surface area (Å²) in [4.78, 5) is 32.7. The van der Waals surface area contributed by atoms with Crippen molar-refractivity contribution in [1.82, 2.24) is 0 Å². The Balaban J connectivity index is 1.95. The van der Waals surface area contributed by atoms with Crippen molar-refractivity contribution in [2.75, 3.05) is 0 Å². The van der Waals surface area contributed by atoms with Gasteiger partial charge < -0.3 is 27.1 Å². The Morgan fingerprint density at radius 2 is 1.63 bits per heavy atom. The van der Waals surface area contributed by atoms with Crippen LogP contribution in [0.2, 0.25) is 0 Å². The monoisotopic (exact) mass is 272 g/mol. The van der Waals surface area contributed by atoms with Crippen LogP contribution in [-0.2, 0) is 11.3 Å². The first kappa shape index (κ1) is 12.7. The lowest BCUT2D eigenvalue weighted by atomic mass is 10.4. The van der Waals surface area contributed by atoms with Gasteiger partial charge in [0.25, 0.3) is 0 Å². The minimum atomic E-state index is -1.16. The normalized spacial score (nSPS) is 10.4. The molecule has 19 heavy (non-hydrogen) atoms. The van der Waals surface area contributed by atoms with E-state index in [1.165, 1.54) is 13.8 Å². The minimum absolute atomic E-state index is 0.00651. The van der Waals surface area contributed by atoms with E-state index in [1.807, 2.05) is 0 Å². The quantitative estimate of drug-likeness (QED) is 0.755. The SMILES string of the molecule is Cc1oc(=O)oc1COC(=O)Oc1oc(=O)oc1C. The largest absolute Gasteiger partial charge is 0.521 e. The van der Waals surface area contributed by atoms with Crippen molar-refractivity contribution in [3.8, 4) is 5.95 Å². The zero-order valence-corrected chi connectivity index (χ0v) is 9.88. The van der Waals surface area contributed by atoms with Gasteiger partial charge in [-0.15, -0.1) is 0 Å². The first-order valence-corrected chi connectivity index (χ1v) is 5.00. The molecule has 2 heterocycles. The van der Waals surface area contributed by atoms with E-state index in [2.05, 4.69) is 27.1 Å². The summed E-state index contributed by atoms with van der Waals surface area (Å²) in [6.45, 7) is 2.47. The molecule has 0 aromatic carbocycles. The predicted octanol–water partition coefficient (Wildman–Crippen LogP) is 1.11. The second kappa shape index (κ2) is 4.88. The van der Waals surface area contributed by atoms with Gasteiger partial charge in [-0.2, -0.15) is 0 Å². The molecule has 102 valence electrons. The maximum absolute atomic E-state index is 11.3. The molecule has 0 aliphatic rings. The van der Waals surface area contributed by atoms with Crippen LogP contribution in [0.4, 0.5) is 4.79 Å². The highest BCUT2D eigenvalue weighted by molar-refractivity contribution is 5.62. The van der Waals surface area contributed by atoms with Crippen LogP contribution in [-0.4, -0.2) is 6.16 Å². The molecule has 0 N–H and O–H groups in total. The van der Waals surface area contributed by atoms with Gasteiger partial charge in [-0.25, -0.2) is 14.4 Å². The number of aryl methyl sites for hydroxylation is 2. The Labute approximate surface area is 104 Å². The summed E-state index contributed by atoms with van der Waals surface area (Å²) in [7, 11) is 0. The zero-order valence-electron chi connectivity index (χ0n) is 9.88. The van der Waals surface area contributed by atoms with E-state index in [0.717, 1.165) is 0 Å². The van der Waals surface area contributed by atoms with Gasteiger partial charge in [0, 0.05) is 6.92 Å². The van der Waals surface area contributed by atoms with Crippen LogP contribution in [0.15, 0.2) is 27.3 Å². The molecule has 0 aliphatic heterocycles. The molecule has 0 saturated heterocycles. The Morgan fingerprint density at radius 3 is 2.16 bits per heavy atom. The molecule has 0 bridgehead atoms. The van der Waals surface area contributed by atoms with Crippen LogP contribution in [0.5, 0.6) is 5.95 Å². The number of carbonyl (C=O) groups excluding carboxylic acids is 1. The summed E-state index contributed by atoms with van der Waals surface area (Å²) in [6.07, 6.45) is -1.16. The van der Waals surface area contributed by atoms with Crippen molar-refractivity contribution in [3.05, 3.63) is 38.5 Å². The topological polar surface area (TPSA) is 122 Å². The van der Waals surface area contributed by atoms with Crippen molar-refractivity contribution >= 4 is 6.16 Å². The van der Waals surface area contributed by atoms with E-state index < -0.39 is 23.7 Å². The van der Waals surface area contributed by atoms with Gasteiger partial charge >= 0.3 is 23.7 Å². The highest BCUT2D eigenvalue weighted by atomic mass is 16.8. The van der Waals surface area contributed by atoms with Crippen LogP contribution >= 0.6 is 0 Å². The number of carbonyl (C=O) groups is 1. The highest BCUT2D eigenvalue weighted by Gasteiger charge is 2.17. The fourth-order valence-electron chi connectivity index (χ4n) is 1.16. The number of rotatable bonds is 3. The third-order valence-corrected chi connectivity index (χ3v) is 2.03. The highest BCUT2D eigenvalue weighted by Crippen LogP contribution is 2.16. The molecule has 2 rings (SSSR count). The van der Waals surface area contributed by atoms with E-state index in [-0.39, 0.29) is 23.9 Å². The van der Waals surface area contributed by atoms with Crippen LogP contribution in [0, 0.1) is 13.8 Å². The summed E-state index contributed by atoms with van der Waals surface area (Å²) < 4.78 is 27.2. The van der Waals surface area contributed by atoms with Gasteiger partial charge in [0.15, 0.2) is 23.9 Å². The lowest BCUT2D eigenvalue weighted by Gasteiger charge is -2.01. The molecule has 0 unspecified atom stereocenters. The molecular formula is C10H8O9. The van der Waals surface area contributed by atoms with Gasteiger partial charge in [-0.05, 0) is 6.92 Å². The van der Waals surface area contributed by atoms with Gasteiger partial charge in [0.1, 0.15) is 0 Å². The third-order valence-electron chi connectivity index (χ3n) is 2.03. The first-order valence-electron chi connectivity index (χ1n) is 5.00. The second-order valence-corrected chi connectivity index (χ2v) is 3.37. The fraction of sp³-hybridized carbons (Fsp3) is 0.300. The van der Waals surface area contributed by atoms with Crippen molar-refractivity contribution in [2.24, 2.45) is 0 Å². The van der Waals surface area contributed by atoms with E-state index in [0.29, 0.717) is 0 Å². The van der Waals surface area contributed by atoms with Crippen molar-refractivity contribution in [1.29, 1.82) is 0 Å². The van der Waals surface area contributed by atoms with Crippen LogP contribution in [0.1, 0.15) is 17.3 Å². The zero-order chi connectivity index (χ0) is 14.0. The molecule has 0 atom stereocenters. The molecule has 0 radical (unpaired) electrons. The molecule has 0 amide bonds. The van der Waals surface area contributed by atoms with Gasteiger partial charge in [0.05, 0.1) is 0 Å². The van der Waals surface area contributed by atoms with E-state index >= 15 is 0 Å². The minimum Gasteiger partial charge on any atom is -0.426 e. The fourth-order valence-corrected chi connectivity index (χ4v) is 1.16. The standard InChI is InChI=1S/C10H8O9/c1-4-6(17-9(12)15-4)3-14-8(11)18-7-5(2)16-10(13)19-7/h3H2,1-2H3. The number of hydrogen-bond acceptors (Lipinski definition) is 9. The molecular weight excluding hydrogens is 264 g/mol. The summed E-state index contributed by atoms with van der Waals surface area (Å²) >= 11 is 0. The van der Waals surface area contributed by atoms with E-state index in [4.69, 9.17) is 0 Å². The Kier molecular flexibility index (Phi) is 3.27. The number of hydrogen-bond donors (Lipinski definition) is 0. The molecule has 2 aromatic heterocycles. The molecule has 0 aliphatic carbocycles. The van der Waals surface area contributed by atoms with Crippen LogP contribution in [0.25, 0.3) is 0 Å². The first-order chi connectivity index (χ1) is 8.95. The average Bonchev–Trinajstić information content (AvgIpc) is 2.79. The maximum Gasteiger partial charge on any atom is 0.521 e. The summed E-state index contributed by atoms with van der Waals surface area (Å²) in [5.41, 5.74) is 0. The summed E-state index contributed by atoms with van der Waals surface area (Å²) in [6, 6.07) is 0. The summed E-state index contributed by atoms with van der Waals surface area (Å²) in [5.74, 6) is -2.08. The van der Waals surface area contributed by atoms with Gasteiger partial charge in [-0.3, -0.25) is 0 Å². The smallest absolute Gasteiger partial charge is 0.426 e. The molecule has 0 fully saturated rings. The predicted molar refractivity (Wildman–Crippen MR) is 54.8 cm³/mol. The van der Waals surface area contributed by atoms with Crippen molar-refractivity contribution in [3.63, 3.8) is 0 Å². The molecule has 2 aromatic rings. The lowest BCUT2D eigenvalue weighted by Crippen LogP contribution is -2.10. The molecule has 0 spiro atoms.